The van der Waals surface area contributed by atoms with Gasteiger partial charge in [0.1, 0.15) is 0 Å². The molecule has 0 saturated heterocycles. The van der Waals surface area contributed by atoms with Crippen LogP contribution in [0.3, 0.4) is 0 Å². The van der Waals surface area contributed by atoms with E-state index in [1.165, 1.54) is 27.4 Å². The minimum Gasteiger partial charge on any atom is -0.343 e. The Bertz CT molecular complexity index is 695. The van der Waals surface area contributed by atoms with Crippen molar-refractivity contribution >= 4 is 21.8 Å². The standard InChI is InChI=1S/C13H13N3/c1-8-9(2)15-7-11-10-6-14-5-4-12(10)16(3)13(8)11/h4-7H,1-3H3. The Kier molecular flexibility index (Phi) is 1.78. The van der Waals surface area contributed by atoms with Crippen LogP contribution in [0, 0.1) is 13.8 Å². The Morgan fingerprint density at radius 1 is 1.12 bits per heavy atom. The predicted molar refractivity (Wildman–Crippen MR) is 65.5 cm³/mol. The summed E-state index contributed by atoms with van der Waals surface area (Å²) in [6.07, 6.45) is 5.69. The van der Waals surface area contributed by atoms with E-state index in [1.54, 1.807) is 0 Å². The predicted octanol–water partition coefficient (Wildman–Crippen LogP) is 2.74. The van der Waals surface area contributed by atoms with Crippen LogP contribution >= 0.6 is 0 Å². The molecule has 0 spiro atoms. The van der Waals surface area contributed by atoms with Crippen LogP contribution in [0.5, 0.6) is 0 Å². The highest BCUT2D eigenvalue weighted by atomic mass is 14.9. The largest absolute Gasteiger partial charge is 0.343 e. The molecule has 0 aliphatic carbocycles. The van der Waals surface area contributed by atoms with Crippen LogP contribution in [0.2, 0.25) is 0 Å². The minimum absolute atomic E-state index is 1.09. The van der Waals surface area contributed by atoms with Crippen molar-refractivity contribution in [2.24, 2.45) is 7.05 Å². The molecule has 3 aromatic rings. The lowest BCUT2D eigenvalue weighted by Crippen LogP contribution is -1.93. The van der Waals surface area contributed by atoms with E-state index in [9.17, 15) is 0 Å². The van der Waals surface area contributed by atoms with Gasteiger partial charge in [0.2, 0.25) is 0 Å². The van der Waals surface area contributed by atoms with Gasteiger partial charge in [0.15, 0.2) is 0 Å². The first-order valence-corrected chi connectivity index (χ1v) is 5.34. The van der Waals surface area contributed by atoms with Crippen LogP contribution in [0.1, 0.15) is 11.3 Å². The average Bonchev–Trinajstić information content (AvgIpc) is 2.59. The van der Waals surface area contributed by atoms with Crippen molar-refractivity contribution < 1.29 is 0 Å². The molecule has 0 aliphatic heterocycles. The lowest BCUT2D eigenvalue weighted by Gasteiger charge is -2.03. The third-order valence-electron chi connectivity index (χ3n) is 3.33. The third kappa shape index (κ3) is 1.03. The van der Waals surface area contributed by atoms with Crippen molar-refractivity contribution in [1.29, 1.82) is 0 Å². The molecule has 3 aromatic heterocycles. The molecule has 0 radical (unpaired) electrons. The van der Waals surface area contributed by atoms with Gasteiger partial charge < -0.3 is 4.57 Å². The van der Waals surface area contributed by atoms with E-state index in [4.69, 9.17) is 0 Å². The highest BCUT2D eigenvalue weighted by Gasteiger charge is 2.11. The second-order valence-electron chi connectivity index (χ2n) is 4.18. The summed E-state index contributed by atoms with van der Waals surface area (Å²) in [6, 6.07) is 2.05. The Balaban J connectivity index is 2.67. The summed E-state index contributed by atoms with van der Waals surface area (Å²) in [6.45, 7) is 4.17. The number of aromatic nitrogens is 3. The number of hydrogen-bond donors (Lipinski definition) is 0. The molecular weight excluding hydrogens is 198 g/mol. The zero-order valence-electron chi connectivity index (χ0n) is 9.65. The molecular formula is C13H13N3. The smallest absolute Gasteiger partial charge is 0.0552 e. The van der Waals surface area contributed by atoms with Crippen molar-refractivity contribution in [1.82, 2.24) is 14.5 Å². The molecule has 0 atom stereocenters. The van der Waals surface area contributed by atoms with Crippen LogP contribution in [0.4, 0.5) is 0 Å². The van der Waals surface area contributed by atoms with E-state index in [2.05, 4.69) is 28.5 Å². The van der Waals surface area contributed by atoms with Crippen LogP contribution in [-0.4, -0.2) is 14.5 Å². The topological polar surface area (TPSA) is 30.7 Å². The molecule has 0 saturated carbocycles. The van der Waals surface area contributed by atoms with Crippen LogP contribution < -0.4 is 0 Å². The number of fused-ring (bicyclic) bond motifs is 3. The van der Waals surface area contributed by atoms with Crippen molar-refractivity contribution in [2.75, 3.05) is 0 Å². The molecule has 0 aromatic carbocycles. The number of nitrogens with zero attached hydrogens (tertiary/aromatic N) is 3. The first-order chi connectivity index (χ1) is 7.70. The second kappa shape index (κ2) is 3.04. The van der Waals surface area contributed by atoms with Crippen LogP contribution in [0.15, 0.2) is 24.7 Å². The molecule has 3 heteroatoms. The molecule has 80 valence electrons. The Morgan fingerprint density at radius 3 is 2.75 bits per heavy atom. The van der Waals surface area contributed by atoms with Gasteiger partial charge in [-0.2, -0.15) is 0 Å². The first-order valence-electron chi connectivity index (χ1n) is 5.34. The maximum Gasteiger partial charge on any atom is 0.0552 e. The highest BCUT2D eigenvalue weighted by molar-refractivity contribution is 6.08. The van der Waals surface area contributed by atoms with Crippen molar-refractivity contribution in [3.8, 4) is 0 Å². The van der Waals surface area contributed by atoms with E-state index in [-0.39, 0.29) is 0 Å². The van der Waals surface area contributed by atoms with Gasteiger partial charge in [-0.15, -0.1) is 0 Å². The summed E-state index contributed by atoms with van der Waals surface area (Å²) in [5.74, 6) is 0. The Labute approximate surface area is 93.7 Å². The maximum absolute atomic E-state index is 4.43. The quantitative estimate of drug-likeness (QED) is 0.572. The fraction of sp³-hybridized carbons (Fsp3) is 0.231. The third-order valence-corrected chi connectivity index (χ3v) is 3.33. The second-order valence-corrected chi connectivity index (χ2v) is 4.18. The molecule has 3 nitrogen and oxygen atoms in total. The summed E-state index contributed by atoms with van der Waals surface area (Å²) < 4.78 is 2.22. The molecule has 0 amide bonds. The van der Waals surface area contributed by atoms with Crippen molar-refractivity contribution in [3.05, 3.63) is 35.9 Å². The molecule has 0 unspecified atom stereocenters. The monoisotopic (exact) mass is 211 g/mol. The lowest BCUT2D eigenvalue weighted by atomic mass is 10.1. The van der Waals surface area contributed by atoms with Crippen molar-refractivity contribution in [2.45, 2.75) is 13.8 Å². The van der Waals surface area contributed by atoms with Gasteiger partial charge in [0.25, 0.3) is 0 Å². The SMILES string of the molecule is Cc1ncc2c3cnccc3n(C)c2c1C. The fourth-order valence-corrected chi connectivity index (χ4v) is 2.33. The Morgan fingerprint density at radius 2 is 1.94 bits per heavy atom. The molecule has 0 N–H and O–H groups in total. The van der Waals surface area contributed by atoms with Gasteiger partial charge in [-0.25, -0.2) is 0 Å². The molecule has 16 heavy (non-hydrogen) atoms. The van der Waals surface area contributed by atoms with E-state index < -0.39 is 0 Å². The number of hydrogen-bond acceptors (Lipinski definition) is 2. The van der Waals surface area contributed by atoms with E-state index in [0.29, 0.717) is 0 Å². The normalized spacial score (nSPS) is 11.4. The molecule has 0 fully saturated rings. The average molecular weight is 211 g/mol. The molecule has 0 aliphatic rings. The van der Waals surface area contributed by atoms with Crippen molar-refractivity contribution in [3.63, 3.8) is 0 Å². The summed E-state index contributed by atoms with van der Waals surface area (Å²) in [4.78, 5) is 8.62. The first kappa shape index (κ1) is 9.33. The van der Waals surface area contributed by atoms with Gasteiger partial charge in [-0.3, -0.25) is 9.97 Å². The van der Waals surface area contributed by atoms with Gasteiger partial charge in [-0.05, 0) is 25.5 Å². The summed E-state index contributed by atoms with van der Waals surface area (Å²) in [5, 5.41) is 2.37. The van der Waals surface area contributed by atoms with Gasteiger partial charge in [-0.1, -0.05) is 0 Å². The summed E-state index contributed by atoms with van der Waals surface area (Å²) in [5.41, 5.74) is 4.80. The zero-order chi connectivity index (χ0) is 11.3. The number of rotatable bonds is 0. The van der Waals surface area contributed by atoms with Gasteiger partial charge >= 0.3 is 0 Å². The number of pyridine rings is 2. The molecule has 3 heterocycles. The van der Waals surface area contributed by atoms with Crippen LogP contribution in [0.25, 0.3) is 21.8 Å². The summed E-state index contributed by atoms with van der Waals surface area (Å²) >= 11 is 0. The molecule has 3 rings (SSSR count). The zero-order valence-corrected chi connectivity index (χ0v) is 9.65. The lowest BCUT2D eigenvalue weighted by molar-refractivity contribution is 0.998. The number of aryl methyl sites for hydroxylation is 3. The van der Waals surface area contributed by atoms with Crippen LogP contribution in [-0.2, 0) is 7.05 Å². The highest BCUT2D eigenvalue weighted by Crippen LogP contribution is 2.29. The van der Waals surface area contributed by atoms with E-state index in [0.717, 1.165) is 5.69 Å². The van der Waals surface area contributed by atoms with Gasteiger partial charge in [0.05, 0.1) is 11.0 Å². The Hall–Kier alpha value is -1.90. The maximum atomic E-state index is 4.43. The minimum atomic E-state index is 1.09. The van der Waals surface area contributed by atoms with E-state index >= 15 is 0 Å². The summed E-state index contributed by atoms with van der Waals surface area (Å²) in [7, 11) is 2.09. The van der Waals surface area contributed by atoms with Gasteiger partial charge in [0, 0.05) is 42.1 Å². The molecule has 0 bridgehead atoms. The van der Waals surface area contributed by atoms with E-state index in [1.807, 2.05) is 31.6 Å². The fourth-order valence-electron chi connectivity index (χ4n) is 2.33.